The maximum atomic E-state index is 12.2. The molecule has 0 aliphatic carbocycles. The van der Waals surface area contributed by atoms with E-state index in [1.807, 2.05) is 0 Å². The molecule has 0 aliphatic heterocycles. The SMILES string of the molecule is CNC(C)C(=O)c1cc(OC)c(OC)cc1OC. The van der Waals surface area contributed by atoms with Crippen LogP contribution in [0.5, 0.6) is 17.2 Å². The van der Waals surface area contributed by atoms with Crippen molar-refractivity contribution in [2.45, 2.75) is 13.0 Å². The van der Waals surface area contributed by atoms with Crippen molar-refractivity contribution in [3.8, 4) is 17.2 Å². The van der Waals surface area contributed by atoms with E-state index in [1.165, 1.54) is 21.3 Å². The van der Waals surface area contributed by atoms with Gasteiger partial charge in [-0.15, -0.1) is 0 Å². The molecule has 1 aromatic carbocycles. The number of nitrogens with one attached hydrogen (secondary N) is 1. The van der Waals surface area contributed by atoms with E-state index in [1.54, 1.807) is 26.1 Å². The molecular weight excluding hydrogens is 234 g/mol. The lowest BCUT2D eigenvalue weighted by Crippen LogP contribution is -2.31. The number of hydrogen-bond acceptors (Lipinski definition) is 5. The van der Waals surface area contributed by atoms with Crippen LogP contribution in [0.15, 0.2) is 12.1 Å². The van der Waals surface area contributed by atoms with Crippen LogP contribution in [-0.4, -0.2) is 40.2 Å². The third-order valence-electron chi connectivity index (χ3n) is 2.80. The fourth-order valence-corrected chi connectivity index (χ4v) is 1.59. The van der Waals surface area contributed by atoms with Crippen LogP contribution >= 0.6 is 0 Å². The van der Waals surface area contributed by atoms with E-state index < -0.39 is 0 Å². The third-order valence-corrected chi connectivity index (χ3v) is 2.80. The maximum Gasteiger partial charge on any atom is 0.183 e. The van der Waals surface area contributed by atoms with E-state index in [2.05, 4.69) is 5.32 Å². The minimum atomic E-state index is -0.294. The zero-order valence-corrected chi connectivity index (χ0v) is 11.4. The smallest absolute Gasteiger partial charge is 0.183 e. The van der Waals surface area contributed by atoms with Crippen LogP contribution in [-0.2, 0) is 0 Å². The van der Waals surface area contributed by atoms with E-state index in [0.717, 1.165) is 0 Å². The van der Waals surface area contributed by atoms with Gasteiger partial charge in [0.15, 0.2) is 17.3 Å². The Labute approximate surface area is 107 Å². The summed E-state index contributed by atoms with van der Waals surface area (Å²) in [5.41, 5.74) is 0.469. The molecule has 100 valence electrons. The summed E-state index contributed by atoms with van der Waals surface area (Å²) in [4.78, 5) is 12.2. The number of carbonyl (C=O) groups is 1. The van der Waals surface area contributed by atoms with Gasteiger partial charge in [-0.05, 0) is 20.0 Å². The van der Waals surface area contributed by atoms with Crippen molar-refractivity contribution in [1.82, 2.24) is 5.32 Å². The number of ketones is 1. The molecule has 0 aromatic heterocycles. The molecule has 18 heavy (non-hydrogen) atoms. The van der Waals surface area contributed by atoms with Gasteiger partial charge in [0.05, 0.1) is 32.9 Å². The Hall–Kier alpha value is -1.75. The van der Waals surface area contributed by atoms with Gasteiger partial charge in [-0.3, -0.25) is 4.79 Å². The topological polar surface area (TPSA) is 56.8 Å². The Balaban J connectivity index is 3.29. The van der Waals surface area contributed by atoms with E-state index in [4.69, 9.17) is 14.2 Å². The molecule has 0 amide bonds. The van der Waals surface area contributed by atoms with Crippen LogP contribution in [0.3, 0.4) is 0 Å². The van der Waals surface area contributed by atoms with Crippen LogP contribution in [0.1, 0.15) is 17.3 Å². The van der Waals surface area contributed by atoms with Crippen molar-refractivity contribution in [1.29, 1.82) is 0 Å². The quantitative estimate of drug-likeness (QED) is 0.779. The standard InChI is InChI=1S/C13H19NO4/c1-8(14-2)13(15)9-6-11(17-4)12(18-5)7-10(9)16-3/h6-8,14H,1-5H3. The lowest BCUT2D eigenvalue weighted by atomic mass is 10.0. The Morgan fingerprint density at radius 2 is 1.56 bits per heavy atom. The molecule has 5 heteroatoms. The van der Waals surface area contributed by atoms with E-state index in [9.17, 15) is 4.79 Å². The van der Waals surface area contributed by atoms with Gasteiger partial charge in [0, 0.05) is 6.07 Å². The average Bonchev–Trinajstić information content (AvgIpc) is 2.43. The average molecular weight is 253 g/mol. The normalized spacial score (nSPS) is 11.8. The van der Waals surface area contributed by atoms with Crippen LogP contribution in [0.4, 0.5) is 0 Å². The van der Waals surface area contributed by atoms with Gasteiger partial charge in [0.2, 0.25) is 0 Å². The molecule has 1 aromatic rings. The zero-order valence-electron chi connectivity index (χ0n) is 11.4. The van der Waals surface area contributed by atoms with Gasteiger partial charge >= 0.3 is 0 Å². The van der Waals surface area contributed by atoms with Gasteiger partial charge in [-0.25, -0.2) is 0 Å². The summed E-state index contributed by atoms with van der Waals surface area (Å²) < 4.78 is 15.6. The second-order valence-corrected chi connectivity index (χ2v) is 3.78. The molecular formula is C13H19NO4. The summed E-state index contributed by atoms with van der Waals surface area (Å²) in [5, 5.41) is 2.90. The second-order valence-electron chi connectivity index (χ2n) is 3.78. The van der Waals surface area contributed by atoms with Gasteiger partial charge in [0.1, 0.15) is 5.75 Å². The minimum absolute atomic E-state index is 0.0599. The number of ether oxygens (including phenoxy) is 3. The van der Waals surface area contributed by atoms with Crippen LogP contribution < -0.4 is 19.5 Å². The Morgan fingerprint density at radius 1 is 1.06 bits per heavy atom. The van der Waals surface area contributed by atoms with Crippen molar-refractivity contribution in [3.05, 3.63) is 17.7 Å². The van der Waals surface area contributed by atoms with E-state index in [0.29, 0.717) is 22.8 Å². The zero-order chi connectivity index (χ0) is 13.7. The molecule has 0 aliphatic rings. The minimum Gasteiger partial charge on any atom is -0.496 e. The summed E-state index contributed by atoms with van der Waals surface area (Å²) in [6.07, 6.45) is 0. The highest BCUT2D eigenvalue weighted by atomic mass is 16.5. The van der Waals surface area contributed by atoms with Gasteiger partial charge in [-0.2, -0.15) is 0 Å². The molecule has 1 atom stereocenters. The largest absolute Gasteiger partial charge is 0.496 e. The lowest BCUT2D eigenvalue weighted by Gasteiger charge is -2.15. The fraction of sp³-hybridized carbons (Fsp3) is 0.462. The molecule has 0 heterocycles. The van der Waals surface area contributed by atoms with Gasteiger partial charge < -0.3 is 19.5 Å². The monoisotopic (exact) mass is 253 g/mol. The first kappa shape index (κ1) is 14.3. The predicted octanol–water partition coefficient (Wildman–Crippen LogP) is 1.50. The number of likely N-dealkylation sites (N-methyl/N-ethyl adjacent to an activating group) is 1. The summed E-state index contributed by atoms with van der Waals surface area (Å²) in [7, 11) is 6.31. The third kappa shape index (κ3) is 2.73. The Morgan fingerprint density at radius 3 is 2.00 bits per heavy atom. The van der Waals surface area contributed by atoms with Crippen LogP contribution in [0.25, 0.3) is 0 Å². The van der Waals surface area contributed by atoms with E-state index in [-0.39, 0.29) is 11.8 Å². The van der Waals surface area contributed by atoms with Crippen molar-refractivity contribution < 1.29 is 19.0 Å². The Kier molecular flexibility index (Phi) is 4.97. The first-order valence-electron chi connectivity index (χ1n) is 5.60. The highest BCUT2D eigenvalue weighted by molar-refractivity contribution is 6.02. The summed E-state index contributed by atoms with van der Waals surface area (Å²) in [6, 6.07) is 2.99. The lowest BCUT2D eigenvalue weighted by molar-refractivity contribution is 0.0951. The number of Topliss-reactive ketones (excluding diaryl/α,β-unsaturated/α-hetero) is 1. The summed E-state index contributed by atoms with van der Waals surface area (Å²) in [6.45, 7) is 1.79. The molecule has 0 bridgehead atoms. The highest BCUT2D eigenvalue weighted by Gasteiger charge is 2.21. The predicted molar refractivity (Wildman–Crippen MR) is 69.0 cm³/mol. The number of methoxy groups -OCH3 is 3. The number of benzene rings is 1. The van der Waals surface area contributed by atoms with Crippen molar-refractivity contribution in [2.24, 2.45) is 0 Å². The number of hydrogen-bond donors (Lipinski definition) is 1. The number of carbonyl (C=O) groups excluding carboxylic acids is 1. The molecule has 5 nitrogen and oxygen atoms in total. The molecule has 0 fully saturated rings. The number of rotatable bonds is 6. The molecule has 0 spiro atoms. The molecule has 0 saturated heterocycles. The van der Waals surface area contributed by atoms with Crippen molar-refractivity contribution in [3.63, 3.8) is 0 Å². The first-order chi connectivity index (χ1) is 8.58. The molecule has 0 radical (unpaired) electrons. The first-order valence-corrected chi connectivity index (χ1v) is 5.60. The molecule has 1 N–H and O–H groups in total. The second kappa shape index (κ2) is 6.26. The van der Waals surface area contributed by atoms with Gasteiger partial charge in [0.25, 0.3) is 0 Å². The Bertz CT molecular complexity index is 431. The highest BCUT2D eigenvalue weighted by Crippen LogP contribution is 2.35. The molecule has 1 rings (SSSR count). The van der Waals surface area contributed by atoms with Gasteiger partial charge in [-0.1, -0.05) is 0 Å². The van der Waals surface area contributed by atoms with Crippen molar-refractivity contribution >= 4 is 5.78 Å². The van der Waals surface area contributed by atoms with Crippen LogP contribution in [0, 0.1) is 0 Å². The van der Waals surface area contributed by atoms with E-state index >= 15 is 0 Å². The summed E-state index contributed by atoms with van der Waals surface area (Å²) >= 11 is 0. The van der Waals surface area contributed by atoms with Crippen molar-refractivity contribution in [2.75, 3.05) is 28.4 Å². The molecule has 1 unspecified atom stereocenters. The molecule has 0 saturated carbocycles. The summed E-state index contributed by atoms with van der Waals surface area (Å²) in [5.74, 6) is 1.45. The maximum absolute atomic E-state index is 12.2. The fourth-order valence-electron chi connectivity index (χ4n) is 1.59. The van der Waals surface area contributed by atoms with Crippen LogP contribution in [0.2, 0.25) is 0 Å².